The Hall–Kier alpha value is -0.330. The van der Waals surface area contributed by atoms with E-state index in [1.54, 1.807) is 0 Å². The molecule has 2 N–H and O–H groups in total. The molecule has 1 aliphatic rings. The van der Waals surface area contributed by atoms with Gasteiger partial charge in [-0.05, 0) is 12.8 Å². The Labute approximate surface area is 89.5 Å². The number of rotatable bonds is 2. The number of carbonyl (C=O) groups is 2. The smallest absolute Gasteiger partial charge is 0.322 e. The highest BCUT2D eigenvalue weighted by atomic mass is 127. The predicted octanol–water partition coefficient (Wildman–Crippen LogP) is 1.52. The molecule has 1 aliphatic carbocycles. The van der Waals surface area contributed by atoms with E-state index in [1.807, 2.05) is 22.6 Å². The van der Waals surface area contributed by atoms with Gasteiger partial charge in [-0.3, -0.25) is 9.59 Å². The van der Waals surface area contributed by atoms with E-state index in [0.29, 0.717) is 12.8 Å². The fourth-order valence-electron chi connectivity index (χ4n) is 1.70. The molecular weight excluding hydrogens is 287 g/mol. The van der Waals surface area contributed by atoms with Crippen molar-refractivity contribution in [2.75, 3.05) is 0 Å². The second-order valence-corrected chi connectivity index (χ2v) is 4.80. The van der Waals surface area contributed by atoms with Crippen LogP contribution in [0.25, 0.3) is 0 Å². The van der Waals surface area contributed by atoms with Crippen LogP contribution in [-0.4, -0.2) is 26.1 Å². The molecule has 1 unspecified atom stereocenters. The predicted molar refractivity (Wildman–Crippen MR) is 54.0 cm³/mol. The number of halogens is 1. The van der Waals surface area contributed by atoms with Gasteiger partial charge in [-0.2, -0.15) is 0 Å². The van der Waals surface area contributed by atoms with E-state index in [-0.39, 0.29) is 10.3 Å². The van der Waals surface area contributed by atoms with Gasteiger partial charge < -0.3 is 10.2 Å². The van der Waals surface area contributed by atoms with Crippen molar-refractivity contribution in [3.63, 3.8) is 0 Å². The minimum absolute atomic E-state index is 0.255. The van der Waals surface area contributed by atoms with Crippen LogP contribution in [0, 0.1) is 5.41 Å². The maximum atomic E-state index is 10.9. The maximum Gasteiger partial charge on any atom is 0.322 e. The van der Waals surface area contributed by atoms with Crippen LogP contribution in [-0.2, 0) is 9.59 Å². The van der Waals surface area contributed by atoms with Crippen LogP contribution in [0.4, 0.5) is 0 Å². The molecule has 13 heavy (non-hydrogen) atoms. The first kappa shape index (κ1) is 10.7. The van der Waals surface area contributed by atoms with Gasteiger partial charge >= 0.3 is 11.9 Å². The average Bonchev–Trinajstić information content (AvgIpc) is 2.04. The Morgan fingerprint density at radius 1 is 1.23 bits per heavy atom. The zero-order chi connectivity index (χ0) is 10.1. The fraction of sp³-hybridized carbons (Fsp3) is 0.750. The molecule has 0 aromatic heterocycles. The van der Waals surface area contributed by atoms with Crippen LogP contribution >= 0.6 is 22.6 Å². The molecule has 0 spiro atoms. The summed E-state index contributed by atoms with van der Waals surface area (Å²) in [6.07, 6.45) is 2.55. The third-order valence-electron chi connectivity index (χ3n) is 2.58. The fourth-order valence-corrected chi connectivity index (χ4v) is 2.99. The molecule has 4 nitrogen and oxygen atoms in total. The summed E-state index contributed by atoms with van der Waals surface area (Å²) in [6.45, 7) is 0. The number of carboxylic acid groups (broad SMARTS) is 2. The first-order chi connectivity index (χ1) is 6.01. The highest BCUT2D eigenvalue weighted by molar-refractivity contribution is 14.1. The summed E-state index contributed by atoms with van der Waals surface area (Å²) in [5.74, 6) is -2.39. The minimum atomic E-state index is -1.54. The quantitative estimate of drug-likeness (QED) is 0.460. The second kappa shape index (κ2) is 3.81. The molecule has 0 bridgehead atoms. The summed E-state index contributed by atoms with van der Waals surface area (Å²) in [7, 11) is 0. The number of alkyl halides is 1. The van der Waals surface area contributed by atoms with Gasteiger partial charge in [0.2, 0.25) is 0 Å². The number of aliphatic carboxylic acids is 2. The molecule has 0 saturated heterocycles. The van der Waals surface area contributed by atoms with Crippen LogP contribution in [0.2, 0.25) is 0 Å². The van der Waals surface area contributed by atoms with Crippen LogP contribution in [0.1, 0.15) is 25.7 Å². The standard InChI is InChI=1S/C8H11IO4/c9-5-3-1-2-4-8(5,6(10)11)7(12)13/h5H,1-4H2,(H,10,11)(H,12,13). The molecule has 1 rings (SSSR count). The lowest BCUT2D eigenvalue weighted by Gasteiger charge is -2.33. The van der Waals surface area contributed by atoms with Crippen LogP contribution in [0.3, 0.4) is 0 Å². The topological polar surface area (TPSA) is 74.6 Å². The van der Waals surface area contributed by atoms with Crippen molar-refractivity contribution in [1.29, 1.82) is 0 Å². The van der Waals surface area contributed by atoms with Gasteiger partial charge in [0, 0.05) is 3.92 Å². The van der Waals surface area contributed by atoms with Gasteiger partial charge in [0.15, 0.2) is 5.41 Å². The summed E-state index contributed by atoms with van der Waals surface area (Å²) >= 11 is 1.94. The number of hydrogen-bond acceptors (Lipinski definition) is 2. The van der Waals surface area contributed by atoms with Gasteiger partial charge in [-0.15, -0.1) is 0 Å². The largest absolute Gasteiger partial charge is 0.480 e. The van der Waals surface area contributed by atoms with Crippen LogP contribution in [0.15, 0.2) is 0 Å². The van der Waals surface area contributed by atoms with Gasteiger partial charge in [0.1, 0.15) is 0 Å². The monoisotopic (exact) mass is 298 g/mol. The highest BCUT2D eigenvalue weighted by Gasteiger charge is 2.52. The van der Waals surface area contributed by atoms with E-state index in [1.165, 1.54) is 0 Å². The first-order valence-corrected chi connectivity index (χ1v) is 5.37. The molecule has 0 heterocycles. The molecule has 0 aromatic carbocycles. The Balaban J connectivity index is 3.00. The van der Waals surface area contributed by atoms with Crippen molar-refractivity contribution in [1.82, 2.24) is 0 Å². The summed E-state index contributed by atoms with van der Waals surface area (Å²) in [4.78, 5) is 21.9. The Morgan fingerprint density at radius 3 is 2.08 bits per heavy atom. The molecule has 1 saturated carbocycles. The molecule has 74 valence electrons. The highest BCUT2D eigenvalue weighted by Crippen LogP contribution is 2.41. The van der Waals surface area contributed by atoms with Crippen molar-refractivity contribution in [3.05, 3.63) is 0 Å². The lowest BCUT2D eigenvalue weighted by atomic mass is 9.74. The van der Waals surface area contributed by atoms with Gasteiger partial charge in [0.05, 0.1) is 0 Å². The summed E-state index contributed by atoms with van der Waals surface area (Å²) in [5.41, 5.74) is -1.54. The molecule has 0 aliphatic heterocycles. The van der Waals surface area contributed by atoms with E-state index >= 15 is 0 Å². The lowest BCUT2D eigenvalue weighted by Crippen LogP contribution is -2.48. The van der Waals surface area contributed by atoms with E-state index in [0.717, 1.165) is 6.42 Å². The van der Waals surface area contributed by atoms with Crippen LogP contribution < -0.4 is 0 Å². The first-order valence-electron chi connectivity index (χ1n) is 4.12. The van der Waals surface area contributed by atoms with E-state index in [4.69, 9.17) is 10.2 Å². The minimum Gasteiger partial charge on any atom is -0.480 e. The molecule has 0 radical (unpaired) electrons. The van der Waals surface area contributed by atoms with E-state index in [9.17, 15) is 9.59 Å². The zero-order valence-corrected chi connectivity index (χ0v) is 9.15. The van der Waals surface area contributed by atoms with Crippen molar-refractivity contribution in [3.8, 4) is 0 Å². The lowest BCUT2D eigenvalue weighted by molar-refractivity contribution is -0.166. The second-order valence-electron chi connectivity index (χ2n) is 3.29. The van der Waals surface area contributed by atoms with Gasteiger partial charge in [-0.1, -0.05) is 35.4 Å². The molecule has 1 fully saturated rings. The summed E-state index contributed by atoms with van der Waals surface area (Å²) < 4.78 is -0.297. The summed E-state index contributed by atoms with van der Waals surface area (Å²) in [6, 6.07) is 0. The maximum absolute atomic E-state index is 10.9. The molecule has 0 amide bonds. The van der Waals surface area contributed by atoms with E-state index < -0.39 is 17.4 Å². The van der Waals surface area contributed by atoms with Crippen molar-refractivity contribution in [2.24, 2.45) is 5.41 Å². The third-order valence-corrected chi connectivity index (χ3v) is 4.26. The average molecular weight is 298 g/mol. The third kappa shape index (κ3) is 1.66. The Bertz CT molecular complexity index is 224. The summed E-state index contributed by atoms with van der Waals surface area (Å²) in [5, 5.41) is 17.9. The zero-order valence-electron chi connectivity index (χ0n) is 6.99. The van der Waals surface area contributed by atoms with Gasteiger partial charge in [-0.25, -0.2) is 0 Å². The van der Waals surface area contributed by atoms with Crippen molar-refractivity contribution >= 4 is 34.5 Å². The molecular formula is C8H11IO4. The van der Waals surface area contributed by atoms with Gasteiger partial charge in [0.25, 0.3) is 0 Å². The van der Waals surface area contributed by atoms with Crippen molar-refractivity contribution in [2.45, 2.75) is 29.6 Å². The number of carboxylic acids is 2. The number of hydrogen-bond donors (Lipinski definition) is 2. The normalized spacial score (nSPS) is 26.7. The van der Waals surface area contributed by atoms with Crippen molar-refractivity contribution < 1.29 is 19.8 Å². The molecule has 5 heteroatoms. The molecule has 1 atom stereocenters. The van der Waals surface area contributed by atoms with Crippen LogP contribution in [0.5, 0.6) is 0 Å². The Morgan fingerprint density at radius 2 is 1.77 bits per heavy atom. The van der Waals surface area contributed by atoms with E-state index in [2.05, 4.69) is 0 Å². The SMILES string of the molecule is O=C(O)C1(C(=O)O)CCCCC1I. The molecule has 0 aromatic rings. The Kier molecular flexibility index (Phi) is 3.15.